The molecule has 2 amide bonds. The molecule has 4 rings (SSSR count). The van der Waals surface area contributed by atoms with Gasteiger partial charge in [-0.2, -0.15) is 5.10 Å². The molecular weight excluding hydrogens is 546 g/mol. The number of amides is 2. The fourth-order valence-electron chi connectivity index (χ4n) is 3.27. The van der Waals surface area contributed by atoms with Gasteiger partial charge >= 0.3 is 5.97 Å². The van der Waals surface area contributed by atoms with Crippen LogP contribution in [0.15, 0.2) is 31.9 Å². The van der Waals surface area contributed by atoms with E-state index in [9.17, 15) is 19.5 Å². The standard InChI is InChI=1S/C16H14BrN7O5S3/c17-13-11(22-15(18)31-13)16(23-7(25)4-21-29)12(30-5-6-2-19-20-3-6)10(14(27)28)24-8(26)1-9(24)32-16/h2-4,9,29H,1,5H2,(H2,18,22)(H,19,20)(H,23,25)(H,27,28)/b21-4-/t9-,16?/m1/s1. The number of aromatic nitrogens is 3. The predicted octanol–water partition coefficient (Wildman–Crippen LogP) is 1.47. The lowest BCUT2D eigenvalue weighted by atomic mass is 10.1. The Labute approximate surface area is 200 Å². The van der Waals surface area contributed by atoms with Crippen LogP contribution in [-0.2, 0) is 25.0 Å². The van der Waals surface area contributed by atoms with Gasteiger partial charge in [0.1, 0.15) is 17.6 Å². The maximum atomic E-state index is 12.6. The molecule has 1 saturated heterocycles. The first kappa shape index (κ1) is 22.6. The number of halogens is 1. The summed E-state index contributed by atoms with van der Waals surface area (Å²) in [7, 11) is 0. The molecule has 0 radical (unpaired) electrons. The van der Waals surface area contributed by atoms with Crippen molar-refractivity contribution in [2.45, 2.75) is 22.4 Å². The van der Waals surface area contributed by atoms with E-state index in [-0.39, 0.29) is 33.8 Å². The number of anilines is 1. The highest BCUT2D eigenvalue weighted by Crippen LogP contribution is 2.58. The number of carbonyl (C=O) groups excluding carboxylic acids is 2. The molecule has 0 saturated carbocycles. The number of β-lactam (4-membered cyclic amide) rings is 1. The van der Waals surface area contributed by atoms with E-state index < -0.39 is 22.1 Å². The number of H-pyrrole nitrogens is 1. The summed E-state index contributed by atoms with van der Waals surface area (Å²) in [4.78, 5) is 41.4. The number of carboxylic acid groups (broad SMARTS) is 1. The molecule has 6 N–H and O–H groups in total. The second kappa shape index (κ2) is 8.76. The summed E-state index contributed by atoms with van der Waals surface area (Å²) < 4.78 is 0.481. The fraction of sp³-hybridized carbons (Fsp3) is 0.250. The number of aromatic amines is 1. The second-order valence-electron chi connectivity index (χ2n) is 6.51. The van der Waals surface area contributed by atoms with E-state index in [1.165, 1.54) is 4.90 Å². The first-order valence-electron chi connectivity index (χ1n) is 8.77. The Morgan fingerprint density at radius 2 is 2.34 bits per heavy atom. The summed E-state index contributed by atoms with van der Waals surface area (Å²) in [5.74, 6) is -2.16. The number of rotatable bonds is 7. The molecule has 0 spiro atoms. The van der Waals surface area contributed by atoms with E-state index in [2.05, 4.69) is 41.6 Å². The summed E-state index contributed by atoms with van der Waals surface area (Å²) in [6, 6.07) is 0. The molecular formula is C16H14BrN7O5S3. The Balaban J connectivity index is 1.94. The quantitative estimate of drug-likeness (QED) is 0.144. The van der Waals surface area contributed by atoms with Gasteiger partial charge in [0.15, 0.2) is 10.0 Å². The molecule has 1 fully saturated rings. The van der Waals surface area contributed by atoms with Crippen molar-refractivity contribution in [2.24, 2.45) is 5.16 Å². The van der Waals surface area contributed by atoms with E-state index in [4.69, 9.17) is 10.9 Å². The fourth-order valence-corrected chi connectivity index (χ4v) is 8.01. The minimum Gasteiger partial charge on any atom is -0.477 e. The van der Waals surface area contributed by atoms with Gasteiger partial charge in [-0.3, -0.25) is 19.6 Å². The average molecular weight is 560 g/mol. The van der Waals surface area contributed by atoms with Crippen molar-refractivity contribution >= 4 is 79.9 Å². The largest absolute Gasteiger partial charge is 0.477 e. The lowest BCUT2D eigenvalue weighted by Crippen LogP contribution is -2.60. The number of thiazole rings is 1. The Hall–Kier alpha value is -2.56. The first-order chi connectivity index (χ1) is 15.3. The molecule has 4 heterocycles. The third-order valence-corrected chi connectivity index (χ3v) is 8.98. The number of aliphatic carboxylic acids is 1. The molecule has 2 atom stereocenters. The summed E-state index contributed by atoms with van der Waals surface area (Å²) in [5, 5.41) is 30.6. The van der Waals surface area contributed by atoms with Crippen LogP contribution in [0.4, 0.5) is 5.13 Å². The predicted molar refractivity (Wildman–Crippen MR) is 122 cm³/mol. The summed E-state index contributed by atoms with van der Waals surface area (Å²) in [6.45, 7) is 0. The van der Waals surface area contributed by atoms with Crippen LogP contribution in [0.3, 0.4) is 0 Å². The Morgan fingerprint density at radius 1 is 1.56 bits per heavy atom. The number of nitrogen functional groups attached to an aromatic ring is 1. The second-order valence-corrected chi connectivity index (χ2v) is 11.2. The van der Waals surface area contributed by atoms with Gasteiger partial charge in [0.25, 0.3) is 5.91 Å². The number of nitrogens with zero attached hydrogens (tertiary/aromatic N) is 4. The van der Waals surface area contributed by atoms with Gasteiger partial charge in [0, 0.05) is 17.5 Å². The van der Waals surface area contributed by atoms with Gasteiger partial charge in [-0.1, -0.05) is 28.3 Å². The third kappa shape index (κ3) is 3.87. The van der Waals surface area contributed by atoms with Gasteiger partial charge in [0.2, 0.25) is 5.91 Å². The van der Waals surface area contributed by atoms with Crippen molar-refractivity contribution in [1.82, 2.24) is 25.4 Å². The summed E-state index contributed by atoms with van der Waals surface area (Å²) >= 11 is 6.80. The summed E-state index contributed by atoms with van der Waals surface area (Å²) in [5.41, 5.74) is 6.69. The zero-order valence-corrected chi connectivity index (χ0v) is 19.8. The van der Waals surface area contributed by atoms with Crippen LogP contribution in [0.5, 0.6) is 0 Å². The van der Waals surface area contributed by atoms with Crippen LogP contribution in [0, 0.1) is 0 Å². The molecule has 1 unspecified atom stereocenters. The zero-order valence-electron chi connectivity index (χ0n) is 15.8. The van der Waals surface area contributed by atoms with Gasteiger partial charge in [-0.05, 0) is 15.9 Å². The molecule has 0 bridgehead atoms. The number of hydrogen-bond donors (Lipinski definition) is 5. The maximum absolute atomic E-state index is 12.6. The lowest BCUT2D eigenvalue weighted by Gasteiger charge is -2.51. The van der Waals surface area contributed by atoms with E-state index in [1.807, 2.05) is 0 Å². The van der Waals surface area contributed by atoms with Gasteiger partial charge < -0.3 is 21.4 Å². The summed E-state index contributed by atoms with van der Waals surface area (Å²) in [6.07, 6.45) is 3.97. The first-order valence-corrected chi connectivity index (χ1v) is 12.2. The molecule has 2 aliphatic rings. The van der Waals surface area contributed by atoms with Crippen LogP contribution in [-0.4, -0.2) is 59.8 Å². The Bertz CT molecular complexity index is 1150. The Kier molecular flexibility index (Phi) is 6.19. The highest BCUT2D eigenvalue weighted by atomic mass is 79.9. The average Bonchev–Trinajstić information content (AvgIpc) is 3.35. The molecule has 2 aromatic rings. The molecule has 2 aliphatic heterocycles. The molecule has 0 aromatic carbocycles. The van der Waals surface area contributed by atoms with Crippen LogP contribution >= 0.6 is 50.8 Å². The van der Waals surface area contributed by atoms with E-state index in [0.717, 1.165) is 40.4 Å². The zero-order chi connectivity index (χ0) is 23.0. The lowest BCUT2D eigenvalue weighted by molar-refractivity contribution is -0.146. The normalized spacial score (nSPS) is 22.7. The number of nitrogens with one attached hydrogen (secondary N) is 2. The number of fused-ring (bicyclic) bond motifs is 1. The van der Waals surface area contributed by atoms with E-state index >= 15 is 0 Å². The number of thioether (sulfide) groups is 2. The van der Waals surface area contributed by atoms with Crippen molar-refractivity contribution in [3.63, 3.8) is 0 Å². The maximum Gasteiger partial charge on any atom is 0.353 e. The Morgan fingerprint density at radius 3 is 2.91 bits per heavy atom. The highest BCUT2D eigenvalue weighted by Gasteiger charge is 2.57. The molecule has 32 heavy (non-hydrogen) atoms. The van der Waals surface area contributed by atoms with Gasteiger partial charge in [0.05, 0.1) is 26.7 Å². The van der Waals surface area contributed by atoms with Crippen LogP contribution in [0.25, 0.3) is 0 Å². The third-order valence-electron chi connectivity index (χ3n) is 4.55. The number of carboxylic acids is 1. The van der Waals surface area contributed by atoms with Crippen LogP contribution in [0.2, 0.25) is 0 Å². The molecule has 16 heteroatoms. The molecule has 168 valence electrons. The van der Waals surface area contributed by atoms with Gasteiger partial charge in [-0.15, -0.1) is 11.8 Å². The van der Waals surface area contributed by atoms with Crippen molar-refractivity contribution in [3.05, 3.63) is 38.0 Å². The number of nitrogens with two attached hydrogens (primary N) is 1. The smallest absolute Gasteiger partial charge is 0.353 e. The van der Waals surface area contributed by atoms with E-state index in [0.29, 0.717) is 15.8 Å². The topological polar surface area (TPSA) is 187 Å². The van der Waals surface area contributed by atoms with Crippen LogP contribution < -0.4 is 11.1 Å². The van der Waals surface area contributed by atoms with Crippen molar-refractivity contribution in [1.29, 1.82) is 0 Å². The minimum atomic E-state index is -1.52. The van der Waals surface area contributed by atoms with Crippen molar-refractivity contribution in [2.75, 3.05) is 5.73 Å². The number of oxime groups is 1. The molecule has 0 aliphatic carbocycles. The minimum absolute atomic E-state index is 0.0874. The van der Waals surface area contributed by atoms with Gasteiger partial charge in [-0.25, -0.2) is 9.78 Å². The van der Waals surface area contributed by atoms with Crippen LogP contribution in [0.1, 0.15) is 17.7 Å². The monoisotopic (exact) mass is 559 g/mol. The van der Waals surface area contributed by atoms with Crippen molar-refractivity contribution < 1.29 is 24.7 Å². The van der Waals surface area contributed by atoms with E-state index in [1.54, 1.807) is 12.4 Å². The number of hydrogen-bond acceptors (Lipinski definition) is 11. The molecule has 12 nitrogen and oxygen atoms in total. The SMILES string of the molecule is Nc1nc(C2(NC(=O)/C=N\O)S[C@@H]3CC(=O)N3C(C(=O)O)=C2SCc2cn[nH]c2)c(Br)s1. The van der Waals surface area contributed by atoms with Crippen molar-refractivity contribution in [3.8, 4) is 0 Å². The highest BCUT2D eigenvalue weighted by molar-refractivity contribution is 9.11. The molecule has 2 aromatic heterocycles. The number of carbonyl (C=O) groups is 3.